The molecule has 2 aromatic rings. The van der Waals surface area contributed by atoms with E-state index < -0.39 is 29.6 Å². The minimum atomic E-state index is -0.921. The van der Waals surface area contributed by atoms with Crippen LogP contribution >= 0.6 is 11.3 Å². The van der Waals surface area contributed by atoms with Crippen molar-refractivity contribution in [1.29, 1.82) is 5.26 Å². The van der Waals surface area contributed by atoms with E-state index in [1.54, 1.807) is 37.9 Å². The fourth-order valence-corrected chi connectivity index (χ4v) is 7.27. The van der Waals surface area contributed by atoms with Crippen LogP contribution in [-0.2, 0) is 22.4 Å². The van der Waals surface area contributed by atoms with Crippen LogP contribution in [-0.4, -0.2) is 45.6 Å². The number of carbonyl (C=O) groups excluding carboxylic acids is 2. The number of thiazole rings is 1. The molecule has 7 nitrogen and oxygen atoms in total. The van der Waals surface area contributed by atoms with Gasteiger partial charge in [-0.2, -0.15) is 5.26 Å². The first-order chi connectivity index (χ1) is 17.5. The van der Waals surface area contributed by atoms with E-state index in [0.29, 0.717) is 23.3 Å². The van der Waals surface area contributed by atoms with Crippen molar-refractivity contribution in [2.75, 3.05) is 0 Å². The monoisotopic (exact) mass is 524 g/mol. The Balaban J connectivity index is 1.30. The molecular weight excluding hydrogens is 491 g/mol. The van der Waals surface area contributed by atoms with E-state index in [0.717, 1.165) is 28.3 Å². The molecule has 5 rings (SSSR count). The Kier molecular flexibility index (Phi) is 6.51. The van der Waals surface area contributed by atoms with Crippen LogP contribution < -0.4 is 5.32 Å². The molecule has 2 amide bonds. The number of nitriles is 1. The van der Waals surface area contributed by atoms with Crippen LogP contribution in [0.25, 0.3) is 10.4 Å². The van der Waals surface area contributed by atoms with Gasteiger partial charge in [0, 0.05) is 18.7 Å². The van der Waals surface area contributed by atoms with E-state index >= 15 is 0 Å². The fourth-order valence-electron chi connectivity index (χ4n) is 6.42. The number of rotatable bonds is 6. The summed E-state index contributed by atoms with van der Waals surface area (Å²) in [5.41, 5.74) is 0.410. The summed E-state index contributed by atoms with van der Waals surface area (Å²) in [5, 5.41) is 13.6. The summed E-state index contributed by atoms with van der Waals surface area (Å²) in [6.45, 7) is 9.61. The molecule has 3 unspecified atom stereocenters. The Hall–Kier alpha value is -2.99. The van der Waals surface area contributed by atoms with Gasteiger partial charge in [-0.1, -0.05) is 26.0 Å². The average molecular weight is 525 g/mol. The first-order valence-corrected chi connectivity index (χ1v) is 13.8. The average Bonchev–Trinajstić information content (AvgIpc) is 3.24. The number of ether oxygens (including phenoxy) is 1. The molecule has 2 bridgehead atoms. The van der Waals surface area contributed by atoms with Crippen LogP contribution in [0.5, 0.6) is 0 Å². The number of benzene rings is 1. The van der Waals surface area contributed by atoms with Gasteiger partial charge < -0.3 is 10.1 Å². The number of aryl methyl sites for hydroxylation is 1. The molecule has 2 aliphatic carbocycles. The highest BCUT2D eigenvalue weighted by atomic mass is 32.1. The smallest absolute Gasteiger partial charge is 0.411 e. The Morgan fingerprint density at radius 1 is 1.35 bits per heavy atom. The number of likely N-dealkylation sites (tertiary alicyclic amines) is 1. The molecule has 1 aromatic carbocycles. The van der Waals surface area contributed by atoms with E-state index in [1.165, 1.54) is 17.4 Å². The highest BCUT2D eigenvalue weighted by Crippen LogP contribution is 2.67. The number of amides is 2. The van der Waals surface area contributed by atoms with E-state index in [-0.39, 0.29) is 24.3 Å². The van der Waals surface area contributed by atoms with Crippen LogP contribution in [0.3, 0.4) is 0 Å². The predicted octanol–water partition coefficient (Wildman–Crippen LogP) is 4.95. The van der Waals surface area contributed by atoms with Crippen LogP contribution in [0.1, 0.15) is 51.6 Å². The number of halogens is 1. The van der Waals surface area contributed by atoms with Crippen molar-refractivity contribution < 1.29 is 18.7 Å². The SMILES string of the molecule is CCc1ncc(-c2ccc(C[C@@H](C#N)NC(=O)[C@@H]3[C@@H]4C[C@@H](C5C(C)C54)N3C(=O)OC(C)(C)C)c(F)c2)s1. The number of nitrogens with one attached hydrogen (secondary N) is 1. The standard InChI is InChI=1S/C28H33FN4O3S/c1-6-22-31-13-21(37-22)16-8-7-15(19(29)10-16)9-17(12-30)32-26(34)25-18-11-20(24-14(2)23(18)24)33(25)27(35)36-28(3,4)5/h7-8,10,13-14,17-18,20,23-25H,6,9,11H2,1-5H3,(H,32,34)/t14?,17-,18+,20-,23?,24?,25-/m0/s1. The van der Waals surface area contributed by atoms with Crippen molar-refractivity contribution in [1.82, 2.24) is 15.2 Å². The van der Waals surface area contributed by atoms with Gasteiger partial charge in [0.15, 0.2) is 0 Å². The summed E-state index contributed by atoms with van der Waals surface area (Å²) in [6, 6.07) is 5.43. The van der Waals surface area contributed by atoms with Gasteiger partial charge in [0.2, 0.25) is 5.91 Å². The molecule has 37 heavy (non-hydrogen) atoms. The Bertz CT molecular complexity index is 1260. The lowest BCUT2D eigenvalue weighted by Crippen LogP contribution is -2.56. The third-order valence-electron chi connectivity index (χ3n) is 8.00. The van der Waals surface area contributed by atoms with Crippen molar-refractivity contribution >= 4 is 23.3 Å². The van der Waals surface area contributed by atoms with Crippen LogP contribution in [0.2, 0.25) is 0 Å². The Morgan fingerprint density at radius 2 is 2.11 bits per heavy atom. The van der Waals surface area contributed by atoms with Gasteiger partial charge >= 0.3 is 6.09 Å². The van der Waals surface area contributed by atoms with E-state index in [2.05, 4.69) is 23.3 Å². The maximum absolute atomic E-state index is 15.0. The van der Waals surface area contributed by atoms with Crippen molar-refractivity contribution in [3.8, 4) is 16.5 Å². The molecule has 1 aromatic heterocycles. The molecule has 1 aliphatic heterocycles. The van der Waals surface area contributed by atoms with Crippen LogP contribution in [0, 0.1) is 40.8 Å². The second kappa shape index (κ2) is 9.39. The summed E-state index contributed by atoms with van der Waals surface area (Å²) >= 11 is 1.53. The molecule has 1 N–H and O–H groups in total. The molecule has 7 atom stereocenters. The molecule has 9 heteroatoms. The lowest BCUT2D eigenvalue weighted by Gasteiger charge is -2.35. The number of fused-ring (bicyclic) bond motifs is 5. The van der Waals surface area contributed by atoms with E-state index in [1.807, 2.05) is 13.0 Å². The maximum atomic E-state index is 15.0. The summed E-state index contributed by atoms with van der Waals surface area (Å²) in [4.78, 5) is 33.4. The minimum absolute atomic E-state index is 0.0129. The highest BCUT2D eigenvalue weighted by Gasteiger charge is 2.71. The number of piperidine rings is 1. The van der Waals surface area contributed by atoms with Crippen LogP contribution in [0.4, 0.5) is 9.18 Å². The van der Waals surface area contributed by atoms with Gasteiger partial charge in [0.1, 0.15) is 23.5 Å². The van der Waals surface area contributed by atoms with Crippen molar-refractivity contribution in [2.45, 2.75) is 77.6 Å². The van der Waals surface area contributed by atoms with Gasteiger partial charge in [0.25, 0.3) is 0 Å². The molecule has 0 spiro atoms. The molecule has 196 valence electrons. The zero-order chi connectivity index (χ0) is 26.6. The summed E-state index contributed by atoms with van der Waals surface area (Å²) in [5.74, 6) is 0.565. The molecule has 1 saturated heterocycles. The van der Waals surface area contributed by atoms with E-state index in [4.69, 9.17) is 4.74 Å². The van der Waals surface area contributed by atoms with Gasteiger partial charge in [-0.15, -0.1) is 11.3 Å². The molecule has 3 aliphatic rings. The fraction of sp³-hybridized carbons (Fsp3) is 0.571. The molecule has 2 heterocycles. The lowest BCUT2D eigenvalue weighted by atomic mass is 9.94. The number of carbonyl (C=O) groups is 2. The molecular formula is C28H33FN4O3S. The topological polar surface area (TPSA) is 95.3 Å². The maximum Gasteiger partial charge on any atom is 0.411 e. The molecule has 0 radical (unpaired) electrons. The third-order valence-corrected chi connectivity index (χ3v) is 9.19. The summed E-state index contributed by atoms with van der Waals surface area (Å²) < 4.78 is 20.6. The van der Waals surface area contributed by atoms with Gasteiger partial charge in [-0.05, 0) is 74.5 Å². The number of hydrogen-bond acceptors (Lipinski definition) is 6. The van der Waals surface area contributed by atoms with Gasteiger partial charge in [-0.25, -0.2) is 14.2 Å². The van der Waals surface area contributed by atoms with Crippen LogP contribution in [0.15, 0.2) is 24.4 Å². The van der Waals surface area contributed by atoms with E-state index in [9.17, 15) is 19.2 Å². The first kappa shape index (κ1) is 25.7. The Labute approximate surface area is 221 Å². The number of hydrogen-bond donors (Lipinski definition) is 1. The molecule has 2 saturated carbocycles. The zero-order valence-electron chi connectivity index (χ0n) is 21.8. The zero-order valence-corrected chi connectivity index (χ0v) is 22.6. The quantitative estimate of drug-likeness (QED) is 0.577. The highest BCUT2D eigenvalue weighted by molar-refractivity contribution is 7.15. The second-order valence-corrected chi connectivity index (χ2v) is 12.6. The number of aromatic nitrogens is 1. The third kappa shape index (κ3) is 4.72. The summed E-state index contributed by atoms with van der Waals surface area (Å²) in [6.07, 6.45) is 2.90. The lowest BCUT2D eigenvalue weighted by molar-refractivity contribution is -0.128. The molecule has 3 fully saturated rings. The number of nitrogens with zero attached hydrogens (tertiary/aromatic N) is 3. The predicted molar refractivity (Wildman–Crippen MR) is 138 cm³/mol. The minimum Gasteiger partial charge on any atom is -0.444 e. The first-order valence-electron chi connectivity index (χ1n) is 13.0. The van der Waals surface area contributed by atoms with Gasteiger partial charge in [-0.3, -0.25) is 9.69 Å². The van der Waals surface area contributed by atoms with Gasteiger partial charge in [0.05, 0.1) is 16.0 Å². The largest absolute Gasteiger partial charge is 0.444 e. The Morgan fingerprint density at radius 3 is 2.73 bits per heavy atom. The second-order valence-electron chi connectivity index (χ2n) is 11.5. The summed E-state index contributed by atoms with van der Waals surface area (Å²) in [7, 11) is 0. The normalized spacial score (nSPS) is 28.4. The van der Waals surface area contributed by atoms with Crippen molar-refractivity contribution in [2.24, 2.45) is 23.7 Å². The van der Waals surface area contributed by atoms with Crippen molar-refractivity contribution in [3.63, 3.8) is 0 Å². The van der Waals surface area contributed by atoms with Crippen molar-refractivity contribution in [3.05, 3.63) is 40.8 Å².